The minimum Gasteiger partial charge on any atom is -0.310 e. The van der Waals surface area contributed by atoms with Crippen LogP contribution in [-0.4, -0.2) is 6.54 Å². The maximum atomic E-state index is 3.71. The summed E-state index contributed by atoms with van der Waals surface area (Å²) in [5, 5.41) is 3.53. The number of halogens is 1. The summed E-state index contributed by atoms with van der Waals surface area (Å²) in [5.74, 6) is 1.00. The average Bonchev–Trinajstić information content (AvgIpc) is 2.52. The van der Waals surface area contributed by atoms with E-state index in [-0.39, 0.29) is 0 Å². The van der Waals surface area contributed by atoms with Crippen LogP contribution >= 0.6 is 27.7 Å². The van der Waals surface area contributed by atoms with E-state index < -0.39 is 0 Å². The topological polar surface area (TPSA) is 12.0 Å². The van der Waals surface area contributed by atoms with E-state index in [1.165, 1.54) is 20.5 Å². The molecule has 0 saturated heterocycles. The van der Waals surface area contributed by atoms with Gasteiger partial charge in [-0.05, 0) is 59.1 Å². The standard InChI is InChI=1S/C18H22BrNS/c1-3-11-20-14(2)16-9-10-18(17(19)12-16)21-13-15-7-5-4-6-8-15/h4-10,12,14,20H,3,11,13H2,1-2H3. The molecule has 0 aliphatic heterocycles. The summed E-state index contributed by atoms with van der Waals surface area (Å²) >= 11 is 5.58. The van der Waals surface area contributed by atoms with Gasteiger partial charge in [0, 0.05) is 21.2 Å². The van der Waals surface area contributed by atoms with Gasteiger partial charge in [-0.15, -0.1) is 11.8 Å². The smallest absolute Gasteiger partial charge is 0.0314 e. The van der Waals surface area contributed by atoms with E-state index in [0.717, 1.165) is 18.7 Å². The molecule has 0 amide bonds. The van der Waals surface area contributed by atoms with Gasteiger partial charge < -0.3 is 5.32 Å². The summed E-state index contributed by atoms with van der Waals surface area (Å²) in [5.41, 5.74) is 2.69. The minimum atomic E-state index is 0.398. The largest absolute Gasteiger partial charge is 0.310 e. The maximum Gasteiger partial charge on any atom is 0.0314 e. The Morgan fingerprint density at radius 2 is 1.90 bits per heavy atom. The lowest BCUT2D eigenvalue weighted by atomic mass is 10.1. The first kappa shape index (κ1) is 16.6. The molecular formula is C18H22BrNS. The number of rotatable bonds is 7. The van der Waals surface area contributed by atoms with Crippen molar-refractivity contribution in [2.24, 2.45) is 0 Å². The van der Waals surface area contributed by atoms with Crippen LogP contribution in [-0.2, 0) is 5.75 Å². The molecule has 1 unspecified atom stereocenters. The van der Waals surface area contributed by atoms with Crippen molar-refractivity contribution in [2.45, 2.75) is 37.0 Å². The predicted octanol–water partition coefficient (Wildman–Crippen LogP) is 5.80. The fourth-order valence-electron chi connectivity index (χ4n) is 2.12. The molecule has 2 aromatic rings. The van der Waals surface area contributed by atoms with Gasteiger partial charge in [-0.1, -0.05) is 43.3 Å². The Labute approximate surface area is 140 Å². The zero-order chi connectivity index (χ0) is 15.1. The van der Waals surface area contributed by atoms with Gasteiger partial charge in [-0.25, -0.2) is 0 Å². The molecule has 0 spiro atoms. The average molecular weight is 364 g/mol. The van der Waals surface area contributed by atoms with Gasteiger partial charge in [0.1, 0.15) is 0 Å². The van der Waals surface area contributed by atoms with Crippen LogP contribution in [0.25, 0.3) is 0 Å². The zero-order valence-electron chi connectivity index (χ0n) is 12.6. The van der Waals surface area contributed by atoms with E-state index in [1.54, 1.807) is 0 Å². The Bertz CT molecular complexity index is 556. The van der Waals surface area contributed by atoms with Crippen molar-refractivity contribution < 1.29 is 0 Å². The van der Waals surface area contributed by atoms with Crippen molar-refractivity contribution in [3.63, 3.8) is 0 Å². The van der Waals surface area contributed by atoms with Crippen molar-refractivity contribution >= 4 is 27.7 Å². The van der Waals surface area contributed by atoms with Crippen molar-refractivity contribution in [3.8, 4) is 0 Å². The fourth-order valence-corrected chi connectivity index (χ4v) is 3.73. The molecule has 0 radical (unpaired) electrons. The number of benzene rings is 2. The maximum absolute atomic E-state index is 3.71. The molecule has 1 nitrogen and oxygen atoms in total. The van der Waals surface area contributed by atoms with E-state index in [2.05, 4.69) is 83.6 Å². The molecule has 2 rings (SSSR count). The molecule has 2 aromatic carbocycles. The van der Waals surface area contributed by atoms with Crippen LogP contribution in [0.1, 0.15) is 37.4 Å². The monoisotopic (exact) mass is 363 g/mol. The van der Waals surface area contributed by atoms with Gasteiger partial charge >= 0.3 is 0 Å². The van der Waals surface area contributed by atoms with Gasteiger partial charge in [-0.3, -0.25) is 0 Å². The summed E-state index contributed by atoms with van der Waals surface area (Å²) in [6.07, 6.45) is 1.16. The fraction of sp³-hybridized carbons (Fsp3) is 0.333. The molecule has 0 heterocycles. The molecule has 0 aromatic heterocycles. The van der Waals surface area contributed by atoms with Gasteiger partial charge in [0.05, 0.1) is 0 Å². The normalized spacial score (nSPS) is 12.3. The van der Waals surface area contributed by atoms with Crippen LogP contribution in [0, 0.1) is 0 Å². The van der Waals surface area contributed by atoms with Crippen LogP contribution < -0.4 is 5.32 Å². The molecule has 21 heavy (non-hydrogen) atoms. The van der Waals surface area contributed by atoms with Crippen LogP contribution in [0.5, 0.6) is 0 Å². The highest BCUT2D eigenvalue weighted by Gasteiger charge is 2.08. The molecular weight excluding hydrogens is 342 g/mol. The third-order valence-electron chi connectivity index (χ3n) is 3.39. The van der Waals surface area contributed by atoms with Gasteiger partial charge in [0.2, 0.25) is 0 Å². The third kappa shape index (κ3) is 5.17. The summed E-state index contributed by atoms with van der Waals surface area (Å²) in [4.78, 5) is 1.30. The number of thioether (sulfide) groups is 1. The molecule has 0 aliphatic carbocycles. The molecule has 0 saturated carbocycles. The molecule has 112 valence electrons. The van der Waals surface area contributed by atoms with Crippen molar-refractivity contribution in [1.29, 1.82) is 0 Å². The predicted molar refractivity (Wildman–Crippen MR) is 96.9 cm³/mol. The number of nitrogens with one attached hydrogen (secondary N) is 1. The van der Waals surface area contributed by atoms with Crippen LogP contribution in [0.15, 0.2) is 57.9 Å². The Kier molecular flexibility index (Phi) is 6.81. The zero-order valence-corrected chi connectivity index (χ0v) is 15.0. The third-order valence-corrected chi connectivity index (χ3v) is 5.46. The highest BCUT2D eigenvalue weighted by atomic mass is 79.9. The van der Waals surface area contributed by atoms with Gasteiger partial charge in [0.15, 0.2) is 0 Å². The van der Waals surface area contributed by atoms with E-state index in [1.807, 2.05) is 11.8 Å². The lowest BCUT2D eigenvalue weighted by molar-refractivity contribution is 0.570. The van der Waals surface area contributed by atoms with Gasteiger partial charge in [-0.2, -0.15) is 0 Å². The number of hydrogen-bond acceptors (Lipinski definition) is 2. The van der Waals surface area contributed by atoms with E-state index in [4.69, 9.17) is 0 Å². The Morgan fingerprint density at radius 1 is 1.14 bits per heavy atom. The lowest BCUT2D eigenvalue weighted by Gasteiger charge is -2.15. The quantitative estimate of drug-likeness (QED) is 0.623. The summed E-state index contributed by atoms with van der Waals surface area (Å²) in [6.45, 7) is 5.47. The second-order valence-corrected chi connectivity index (χ2v) is 7.01. The van der Waals surface area contributed by atoms with Crippen LogP contribution in [0.3, 0.4) is 0 Å². The van der Waals surface area contributed by atoms with E-state index >= 15 is 0 Å². The van der Waals surface area contributed by atoms with E-state index in [0.29, 0.717) is 6.04 Å². The first-order valence-electron chi connectivity index (χ1n) is 7.40. The second kappa shape index (κ2) is 8.62. The van der Waals surface area contributed by atoms with Crippen LogP contribution in [0.4, 0.5) is 0 Å². The molecule has 0 bridgehead atoms. The van der Waals surface area contributed by atoms with Crippen molar-refractivity contribution in [3.05, 3.63) is 64.1 Å². The lowest BCUT2D eigenvalue weighted by Crippen LogP contribution is -2.19. The van der Waals surface area contributed by atoms with Gasteiger partial charge in [0.25, 0.3) is 0 Å². The molecule has 1 N–H and O–H groups in total. The number of hydrogen-bond donors (Lipinski definition) is 1. The first-order chi connectivity index (χ1) is 10.2. The molecule has 0 aliphatic rings. The summed E-state index contributed by atoms with van der Waals surface area (Å²) in [7, 11) is 0. The molecule has 3 heteroatoms. The van der Waals surface area contributed by atoms with Crippen LogP contribution in [0.2, 0.25) is 0 Å². The highest BCUT2D eigenvalue weighted by molar-refractivity contribution is 9.10. The first-order valence-corrected chi connectivity index (χ1v) is 9.18. The highest BCUT2D eigenvalue weighted by Crippen LogP contribution is 2.32. The van der Waals surface area contributed by atoms with Crippen molar-refractivity contribution in [1.82, 2.24) is 5.32 Å². The Morgan fingerprint density at radius 3 is 2.57 bits per heavy atom. The second-order valence-electron chi connectivity index (χ2n) is 5.14. The summed E-state index contributed by atoms with van der Waals surface area (Å²) in [6, 6.07) is 17.7. The summed E-state index contributed by atoms with van der Waals surface area (Å²) < 4.78 is 1.19. The SMILES string of the molecule is CCCNC(C)c1ccc(SCc2ccccc2)c(Br)c1. The van der Waals surface area contributed by atoms with Crippen molar-refractivity contribution in [2.75, 3.05) is 6.54 Å². The molecule has 1 atom stereocenters. The van der Waals surface area contributed by atoms with E-state index in [9.17, 15) is 0 Å². The molecule has 0 fully saturated rings. The Balaban J connectivity index is 1.99. The Hall–Kier alpha value is -0.770. The minimum absolute atomic E-state index is 0.398.